The van der Waals surface area contributed by atoms with Gasteiger partial charge in [-0.1, -0.05) is 20.3 Å². The van der Waals surface area contributed by atoms with Crippen molar-refractivity contribution in [3.05, 3.63) is 18.2 Å². The standard InChI is InChI=1S/C84H132N28O38/c1-36(2)22-44(72(138)104-47(25-56(89)116)75(141)105-46(24-55(88)115)74(140)101-43(83(149)150)12-8-20-93-84(90)91)103-73(139)45(23-38-31-92-35-96-38)110-80(146)54-13-9-21-112(54)82(148)53(34-113)97-57(117)32-95-81(147)66(37(3)114)111-58(118)33-94-68(134)48(26-61(123)124)106-79(145)52(30-65(131)132)108-71(137)42(15-17-60(121)122)99-70(136)41(14-16-59(119)120)100-77(143)50(28-63(127)128)107-69(135)40(11-5-7-19-86)98-76(142)51(29-64(129)130)109-78(144)49(27-62(125)126)102-67(133)39(87)10-4-6-18-85/h31,35-37,39-54,66,113-114H,4-30,32-34,85-87H2,1-3H3,(H2,88,115)(H2,89,116)(H,92,96)(H,94,134)(H,95,147)(H,97,117)(H,98,142)(H,99,136)(H,100,143)(H,101,140)(H,102,133)(H,103,139)(H,104,138)(H,105,141)(H,106,145)(H,107,135)(H,108,137)(H,109,144)(H,110,146)(H,111,118)(H,119,120)(H,121,122)(H,123,124)(H,125,126)(H,127,128)(H,129,130)(H,131,132)(H,149,150)(H4,90,91,93)/t37-,39+,40+,41+,42+,43+,44+,45+,46+,47+,48+,49+,50+,51+,52+,53+,54+,66+/m1/s1. The van der Waals surface area contributed by atoms with E-state index in [0.717, 1.165) is 11.8 Å². The molecule has 0 spiro atoms. The number of H-pyrrole nitrogens is 1. The maximum atomic E-state index is 14.4. The van der Waals surface area contributed by atoms with E-state index in [1.54, 1.807) is 13.8 Å². The van der Waals surface area contributed by atoms with Gasteiger partial charge in [0.2, 0.25) is 118 Å². The molecule has 1 fully saturated rings. The van der Waals surface area contributed by atoms with Crippen molar-refractivity contribution in [2.24, 2.45) is 40.3 Å². The van der Waals surface area contributed by atoms with Crippen molar-refractivity contribution in [3.63, 3.8) is 0 Å². The number of aliphatic hydroxyl groups excluding tert-OH is 2. The molecule has 66 heteroatoms. The molecule has 0 radical (unpaired) electrons. The van der Waals surface area contributed by atoms with Crippen LogP contribution in [0.5, 0.6) is 0 Å². The molecule has 1 aliphatic rings. The summed E-state index contributed by atoms with van der Waals surface area (Å²) in [7, 11) is 0. The van der Waals surface area contributed by atoms with Crippen LogP contribution in [0.4, 0.5) is 0 Å². The van der Waals surface area contributed by atoms with E-state index in [1.165, 1.54) is 12.5 Å². The molecule has 1 aliphatic heterocycles. The quantitative estimate of drug-likeness (QED) is 0.0164. The number of aromatic amines is 1. The predicted molar refractivity (Wildman–Crippen MR) is 503 cm³/mol. The maximum Gasteiger partial charge on any atom is 0.326 e. The van der Waals surface area contributed by atoms with E-state index in [4.69, 9.17) is 39.8 Å². The van der Waals surface area contributed by atoms with Gasteiger partial charge in [-0.15, -0.1) is 0 Å². The third-order valence-electron chi connectivity index (χ3n) is 21.7. The Morgan fingerprint density at radius 1 is 0.400 bits per heavy atom. The van der Waals surface area contributed by atoms with Gasteiger partial charge in [-0.3, -0.25) is 135 Å². The minimum atomic E-state index is -2.46. The Hall–Kier alpha value is -16.6. The number of likely N-dealkylation sites (tertiary alicyclic amines) is 1. The summed E-state index contributed by atoms with van der Waals surface area (Å²) in [5, 5.41) is 144. The maximum absolute atomic E-state index is 14.4. The first kappa shape index (κ1) is 129. The Morgan fingerprint density at radius 2 is 0.753 bits per heavy atom. The molecule has 0 bridgehead atoms. The number of aliphatic carboxylic acids is 8. The number of carboxylic acid groups (broad SMARTS) is 8. The number of imidazole rings is 1. The highest BCUT2D eigenvalue weighted by molar-refractivity contribution is 6.04. The van der Waals surface area contributed by atoms with E-state index >= 15 is 0 Å². The number of guanidine groups is 1. The van der Waals surface area contributed by atoms with Gasteiger partial charge < -0.3 is 191 Å². The van der Waals surface area contributed by atoms with Crippen LogP contribution in [0.3, 0.4) is 0 Å². The fourth-order valence-corrected chi connectivity index (χ4v) is 14.2. The van der Waals surface area contributed by atoms with Crippen LogP contribution in [0.15, 0.2) is 12.5 Å². The van der Waals surface area contributed by atoms with E-state index < -0.39 is 390 Å². The molecule has 18 atom stereocenters. The summed E-state index contributed by atoms with van der Waals surface area (Å²) in [6.07, 6.45) is -12.8. The van der Waals surface area contributed by atoms with E-state index in [2.05, 4.69) is 57.8 Å². The van der Waals surface area contributed by atoms with Crippen LogP contribution >= 0.6 is 0 Å². The molecule has 20 amide bonds. The Kier molecular flexibility index (Phi) is 57.4. The molecular weight excluding hydrogens is 2010 g/mol. The van der Waals surface area contributed by atoms with Crippen molar-refractivity contribution in [2.75, 3.05) is 45.9 Å². The van der Waals surface area contributed by atoms with Crippen molar-refractivity contribution in [3.8, 4) is 0 Å². The monoisotopic (exact) mass is 2140 g/mol. The Balaban J connectivity index is 2.37. The van der Waals surface area contributed by atoms with E-state index in [1.807, 2.05) is 47.9 Å². The number of primary amides is 2. The summed E-state index contributed by atoms with van der Waals surface area (Å²) < 4.78 is 0. The molecular formula is C84H132N28O38. The number of hydrogen-bond donors (Lipinski definition) is 36. The Bertz CT molecular complexity index is 4970. The van der Waals surface area contributed by atoms with E-state index in [-0.39, 0.29) is 83.2 Å². The second kappa shape index (κ2) is 66.5. The second-order valence-electron chi connectivity index (χ2n) is 34.6. The summed E-state index contributed by atoms with van der Waals surface area (Å²) >= 11 is 0. The first-order chi connectivity index (χ1) is 70.3. The minimum absolute atomic E-state index is 0.00842. The van der Waals surface area contributed by atoms with Crippen molar-refractivity contribution in [2.45, 2.75) is 277 Å². The third-order valence-corrected chi connectivity index (χ3v) is 21.7. The number of nitrogens with two attached hydrogens (primary N) is 6. The van der Waals surface area contributed by atoms with Gasteiger partial charge >= 0.3 is 47.8 Å². The van der Waals surface area contributed by atoms with Gasteiger partial charge in [0.25, 0.3) is 0 Å². The lowest BCUT2D eigenvalue weighted by Crippen LogP contribution is -2.61. The number of hydrogen-bond acceptors (Lipinski definition) is 35. The second-order valence-corrected chi connectivity index (χ2v) is 34.6. The van der Waals surface area contributed by atoms with Gasteiger partial charge in [0.15, 0.2) is 5.96 Å². The first-order valence-electron chi connectivity index (χ1n) is 46.5. The van der Waals surface area contributed by atoms with Gasteiger partial charge in [-0.05, 0) is 103 Å². The average Bonchev–Trinajstić information content (AvgIpc) is 1.66. The average molecular weight is 2140 g/mol. The van der Waals surface area contributed by atoms with Crippen molar-refractivity contribution >= 4 is 172 Å². The minimum Gasteiger partial charge on any atom is -0.481 e. The number of carboxylic acids is 8. The topological polar surface area (TPSA) is 1110 Å². The van der Waals surface area contributed by atoms with Crippen LogP contribution in [0.2, 0.25) is 0 Å². The largest absolute Gasteiger partial charge is 0.481 e. The zero-order chi connectivity index (χ0) is 114. The van der Waals surface area contributed by atoms with Gasteiger partial charge in [-0.25, -0.2) is 9.78 Å². The predicted octanol–water partition coefficient (Wildman–Crippen LogP) is -16.3. The fourth-order valence-electron chi connectivity index (χ4n) is 14.2. The van der Waals surface area contributed by atoms with E-state index in [0.29, 0.717) is 12.8 Å². The zero-order valence-corrected chi connectivity index (χ0v) is 81.6. The molecule has 2 rings (SSSR count). The number of aromatic nitrogens is 2. The zero-order valence-electron chi connectivity index (χ0n) is 81.6. The van der Waals surface area contributed by atoms with Gasteiger partial charge in [-0.2, -0.15) is 0 Å². The number of amides is 20. The number of aliphatic hydroxyl groups is 2. The summed E-state index contributed by atoms with van der Waals surface area (Å²) in [5.74, 6) is -42.0. The lowest BCUT2D eigenvalue weighted by atomic mass is 10.0. The highest BCUT2D eigenvalue weighted by atomic mass is 16.4. The fraction of sp³-hybridized carbons (Fsp3) is 0.619. The molecule has 0 aliphatic carbocycles. The Morgan fingerprint density at radius 3 is 1.13 bits per heavy atom. The summed E-state index contributed by atoms with van der Waals surface area (Å²) in [6.45, 7) is 0.542. The molecule has 0 saturated carbocycles. The first-order valence-corrected chi connectivity index (χ1v) is 46.5. The van der Waals surface area contributed by atoms with Crippen molar-refractivity contribution in [1.29, 1.82) is 5.41 Å². The summed E-state index contributed by atoms with van der Waals surface area (Å²) in [6, 6.07) is -33.4. The van der Waals surface area contributed by atoms with Crippen LogP contribution < -0.4 is 130 Å². The molecule has 1 aromatic rings. The van der Waals surface area contributed by atoms with Gasteiger partial charge in [0, 0.05) is 38.5 Å². The summed E-state index contributed by atoms with van der Waals surface area (Å²) in [4.78, 5) is 378. The Labute approximate surface area is 851 Å². The lowest BCUT2D eigenvalue weighted by Gasteiger charge is -2.30. The SMILES string of the molecule is CC(C)C[C@H](NC(=O)[C@H](Cc1c[nH]cn1)NC(=O)[C@@H]1CCCN1C(=O)[C@H](CO)NC(=O)CNC(=O)[C@@H](NC(=O)CNC(=O)[C@H](CC(=O)O)NC(=O)[C@H](CC(=O)O)NC(=O)[C@H](CCC(=O)O)NC(=O)[C@H](CCC(=O)O)NC(=O)[C@H](CC(=O)O)NC(=O)[C@H](CCCCN)NC(=O)[C@H](CC(=O)O)NC(=O)[C@H](CC(=O)O)NC(=O)[C@@H](N)CCCCN)[C@@H](C)O)C(=O)N[C@@H](CC(N)=O)C(=O)N[C@@H](CC(N)=O)C(=O)N[C@@H](CCCNC(=N)N)C(=O)O. The molecule has 42 N–H and O–H groups in total. The number of nitrogens with one attached hydrogen (secondary N) is 20. The van der Waals surface area contributed by atoms with Crippen molar-refractivity contribution < 1.29 is 185 Å². The molecule has 836 valence electrons. The number of unbranched alkanes of at least 4 members (excludes halogenated alkanes) is 2. The number of nitrogens with zero attached hydrogens (tertiary/aromatic N) is 2. The number of carbonyl (C=O) groups is 28. The molecule has 2 heterocycles. The highest BCUT2D eigenvalue weighted by Crippen LogP contribution is 2.21. The normalized spacial score (nSPS) is 15.4. The molecule has 0 aromatic carbocycles. The molecule has 1 saturated heterocycles. The highest BCUT2D eigenvalue weighted by Gasteiger charge is 2.44. The van der Waals surface area contributed by atoms with Crippen LogP contribution in [0, 0.1) is 11.3 Å². The lowest BCUT2D eigenvalue weighted by molar-refractivity contribution is -0.144. The van der Waals surface area contributed by atoms with Crippen LogP contribution in [-0.4, -0.2) is 392 Å². The van der Waals surface area contributed by atoms with Crippen molar-refractivity contribution in [1.82, 2.24) is 111 Å². The van der Waals surface area contributed by atoms with Crippen LogP contribution in [0.1, 0.15) is 168 Å². The van der Waals surface area contributed by atoms with Gasteiger partial charge in [0.1, 0.15) is 96.7 Å². The third kappa shape index (κ3) is 50.0. The van der Waals surface area contributed by atoms with Gasteiger partial charge in [0.05, 0.1) is 88.8 Å². The smallest absolute Gasteiger partial charge is 0.326 e. The van der Waals surface area contributed by atoms with E-state index in [9.17, 15) is 185 Å². The molecule has 0 unspecified atom stereocenters. The van der Waals surface area contributed by atoms with Crippen LogP contribution in [-0.2, 0) is 141 Å². The molecule has 66 nitrogen and oxygen atoms in total. The van der Waals surface area contributed by atoms with Crippen LogP contribution in [0.25, 0.3) is 0 Å². The number of rotatable bonds is 74. The molecule has 150 heavy (non-hydrogen) atoms. The summed E-state index contributed by atoms with van der Waals surface area (Å²) in [5.41, 5.74) is 33.1. The molecule has 1 aromatic heterocycles. The number of carbonyl (C=O) groups excluding carboxylic acids is 20.